The Morgan fingerprint density at radius 2 is 1.94 bits per heavy atom. The van der Waals surface area contributed by atoms with E-state index in [2.05, 4.69) is 43.0 Å². The Balaban J connectivity index is 2.32. The zero-order valence-corrected chi connectivity index (χ0v) is 10.3. The first-order valence-electron chi connectivity index (χ1n) is 4.44. The van der Waals surface area contributed by atoms with Gasteiger partial charge in [-0.05, 0) is 34.7 Å². The number of nitrogens with two attached hydrogens (primary N) is 2. The average Bonchev–Trinajstić information content (AvgIpc) is 2.58. The minimum Gasteiger partial charge on any atom is -0.382 e. The number of hydrogen-bond donors (Lipinski definition) is 3. The molecule has 0 unspecified atom stereocenters. The second kappa shape index (κ2) is 4.47. The van der Waals surface area contributed by atoms with Crippen LogP contribution in [0.25, 0.3) is 0 Å². The molecule has 82 valence electrons. The van der Waals surface area contributed by atoms with Crippen LogP contribution in [-0.2, 0) is 0 Å². The summed E-state index contributed by atoms with van der Waals surface area (Å²) in [4.78, 5) is 0. The largest absolute Gasteiger partial charge is 0.382 e. The van der Waals surface area contributed by atoms with Crippen molar-refractivity contribution < 1.29 is 0 Å². The van der Waals surface area contributed by atoms with Gasteiger partial charge < -0.3 is 11.5 Å². The lowest BCUT2D eigenvalue weighted by Crippen LogP contribution is -1.84. The van der Waals surface area contributed by atoms with Crippen LogP contribution in [0, 0.1) is 3.57 Å². The molecule has 0 aliphatic heterocycles. The monoisotopic (exact) mass is 328 g/mol. The molecule has 0 aliphatic rings. The van der Waals surface area contributed by atoms with E-state index in [1.54, 1.807) is 0 Å². The fraction of sp³-hybridized carbons (Fsp3) is 0. The van der Waals surface area contributed by atoms with Gasteiger partial charge in [-0.1, -0.05) is 12.1 Å². The SMILES string of the molecule is Nc1n[nH]c(N)c1N=Nc1ccccc1I. The van der Waals surface area contributed by atoms with Crippen molar-refractivity contribution in [3.63, 3.8) is 0 Å². The van der Waals surface area contributed by atoms with Crippen LogP contribution in [0.3, 0.4) is 0 Å². The summed E-state index contributed by atoms with van der Waals surface area (Å²) in [5.41, 5.74) is 12.3. The number of hydrogen-bond acceptors (Lipinski definition) is 5. The third kappa shape index (κ3) is 2.13. The number of halogens is 1. The van der Waals surface area contributed by atoms with E-state index >= 15 is 0 Å². The molecule has 5 N–H and O–H groups in total. The summed E-state index contributed by atoms with van der Waals surface area (Å²) < 4.78 is 1.00. The molecule has 0 amide bonds. The van der Waals surface area contributed by atoms with Gasteiger partial charge in [0.15, 0.2) is 11.5 Å². The van der Waals surface area contributed by atoms with Crippen molar-refractivity contribution >= 4 is 45.6 Å². The predicted molar refractivity (Wildman–Crippen MR) is 70.7 cm³/mol. The van der Waals surface area contributed by atoms with Gasteiger partial charge in [0, 0.05) is 3.57 Å². The lowest BCUT2D eigenvalue weighted by Gasteiger charge is -1.95. The highest BCUT2D eigenvalue weighted by molar-refractivity contribution is 14.1. The van der Waals surface area contributed by atoms with E-state index in [0.717, 1.165) is 9.26 Å². The quantitative estimate of drug-likeness (QED) is 0.583. The summed E-state index contributed by atoms with van der Waals surface area (Å²) in [6.45, 7) is 0. The number of nitrogen functional groups attached to an aromatic ring is 2. The number of aromatic nitrogens is 2. The first-order chi connectivity index (χ1) is 7.68. The second-order valence-corrected chi connectivity index (χ2v) is 4.18. The summed E-state index contributed by atoms with van der Waals surface area (Å²) in [5.74, 6) is 0.555. The van der Waals surface area contributed by atoms with Gasteiger partial charge in [0.2, 0.25) is 0 Å². The van der Waals surface area contributed by atoms with Crippen molar-refractivity contribution in [2.45, 2.75) is 0 Å². The van der Waals surface area contributed by atoms with Crippen molar-refractivity contribution in [3.05, 3.63) is 27.8 Å². The van der Waals surface area contributed by atoms with E-state index in [-0.39, 0.29) is 5.82 Å². The maximum atomic E-state index is 5.59. The van der Waals surface area contributed by atoms with E-state index < -0.39 is 0 Å². The molecule has 1 aromatic carbocycles. The van der Waals surface area contributed by atoms with E-state index in [1.165, 1.54) is 0 Å². The molecule has 2 aromatic rings. The molecule has 6 nitrogen and oxygen atoms in total. The molecule has 0 radical (unpaired) electrons. The molecular weight excluding hydrogens is 319 g/mol. The zero-order chi connectivity index (χ0) is 11.5. The smallest absolute Gasteiger partial charge is 0.175 e. The van der Waals surface area contributed by atoms with Gasteiger partial charge in [-0.25, -0.2) is 0 Å². The number of azo groups is 1. The molecule has 7 heteroatoms. The number of nitrogens with zero attached hydrogens (tertiary/aromatic N) is 3. The highest BCUT2D eigenvalue weighted by atomic mass is 127. The van der Waals surface area contributed by atoms with E-state index in [9.17, 15) is 0 Å². The van der Waals surface area contributed by atoms with Crippen molar-refractivity contribution in [2.75, 3.05) is 11.5 Å². The highest BCUT2D eigenvalue weighted by Crippen LogP contribution is 2.29. The minimum absolute atomic E-state index is 0.243. The Kier molecular flexibility index (Phi) is 3.04. The third-order valence-corrected chi connectivity index (χ3v) is 2.82. The molecule has 2 rings (SSSR count). The Morgan fingerprint density at radius 3 is 2.56 bits per heavy atom. The third-order valence-electron chi connectivity index (χ3n) is 1.90. The fourth-order valence-electron chi connectivity index (χ4n) is 1.11. The topological polar surface area (TPSA) is 105 Å². The average molecular weight is 328 g/mol. The molecule has 0 saturated heterocycles. The number of nitrogens with one attached hydrogen (secondary N) is 1. The zero-order valence-electron chi connectivity index (χ0n) is 8.18. The maximum absolute atomic E-state index is 5.59. The van der Waals surface area contributed by atoms with Crippen LogP contribution in [-0.4, -0.2) is 10.2 Å². The Hall–Kier alpha value is -1.64. The fourth-order valence-corrected chi connectivity index (χ4v) is 1.60. The van der Waals surface area contributed by atoms with Gasteiger partial charge in [-0.2, -0.15) is 5.10 Å². The van der Waals surface area contributed by atoms with Crippen molar-refractivity contribution in [1.82, 2.24) is 10.2 Å². The first kappa shape index (κ1) is 10.9. The highest BCUT2D eigenvalue weighted by Gasteiger charge is 2.06. The molecule has 0 spiro atoms. The van der Waals surface area contributed by atoms with E-state index in [0.29, 0.717) is 11.5 Å². The van der Waals surface area contributed by atoms with Crippen LogP contribution in [0.2, 0.25) is 0 Å². The van der Waals surface area contributed by atoms with Gasteiger partial charge in [-0.3, -0.25) is 5.10 Å². The van der Waals surface area contributed by atoms with Gasteiger partial charge in [-0.15, -0.1) is 10.2 Å². The molecule has 0 aliphatic carbocycles. The summed E-state index contributed by atoms with van der Waals surface area (Å²) in [7, 11) is 0. The summed E-state index contributed by atoms with van der Waals surface area (Å²) in [6.07, 6.45) is 0. The van der Waals surface area contributed by atoms with Gasteiger partial charge in [0.1, 0.15) is 5.82 Å². The molecule has 1 heterocycles. The number of benzene rings is 1. The lowest BCUT2D eigenvalue weighted by molar-refractivity contribution is 1.11. The first-order valence-corrected chi connectivity index (χ1v) is 5.52. The van der Waals surface area contributed by atoms with Crippen molar-refractivity contribution in [3.8, 4) is 0 Å². The lowest BCUT2D eigenvalue weighted by atomic mass is 10.3. The molecule has 0 fully saturated rings. The molecule has 1 aromatic heterocycles. The predicted octanol–water partition coefficient (Wildman–Crippen LogP) is 2.59. The van der Waals surface area contributed by atoms with Crippen LogP contribution in [0.15, 0.2) is 34.5 Å². The number of anilines is 2. The standard InChI is InChI=1S/C9H9IN6/c10-5-3-1-2-4-6(5)13-14-7-8(11)15-16-9(7)12/h1-4H,(H5,11,12,15,16). The Bertz CT molecular complexity index is 513. The molecule has 0 atom stereocenters. The van der Waals surface area contributed by atoms with Crippen molar-refractivity contribution in [1.29, 1.82) is 0 Å². The Morgan fingerprint density at radius 1 is 1.19 bits per heavy atom. The van der Waals surface area contributed by atoms with Crippen LogP contribution < -0.4 is 11.5 Å². The molecule has 0 saturated carbocycles. The Labute approximate surface area is 105 Å². The van der Waals surface area contributed by atoms with E-state index in [4.69, 9.17) is 11.5 Å². The van der Waals surface area contributed by atoms with Gasteiger partial charge >= 0.3 is 0 Å². The number of rotatable bonds is 2. The molecular formula is C9H9IN6. The van der Waals surface area contributed by atoms with Crippen LogP contribution in [0.5, 0.6) is 0 Å². The molecule has 16 heavy (non-hydrogen) atoms. The molecule has 0 bridgehead atoms. The van der Waals surface area contributed by atoms with Crippen LogP contribution in [0.1, 0.15) is 0 Å². The van der Waals surface area contributed by atoms with Crippen LogP contribution >= 0.6 is 22.6 Å². The van der Waals surface area contributed by atoms with Gasteiger partial charge in [0.05, 0.1) is 5.69 Å². The van der Waals surface area contributed by atoms with E-state index in [1.807, 2.05) is 24.3 Å². The number of aromatic amines is 1. The minimum atomic E-state index is 0.243. The van der Waals surface area contributed by atoms with Gasteiger partial charge in [0.25, 0.3) is 0 Å². The number of H-pyrrole nitrogens is 1. The van der Waals surface area contributed by atoms with Crippen LogP contribution in [0.4, 0.5) is 23.0 Å². The van der Waals surface area contributed by atoms with Crippen molar-refractivity contribution in [2.24, 2.45) is 10.2 Å². The normalized spacial score (nSPS) is 11.1. The second-order valence-electron chi connectivity index (χ2n) is 3.02. The summed E-state index contributed by atoms with van der Waals surface area (Å²) >= 11 is 2.18. The summed E-state index contributed by atoms with van der Waals surface area (Å²) in [5, 5.41) is 14.3. The summed E-state index contributed by atoms with van der Waals surface area (Å²) in [6, 6.07) is 7.62. The maximum Gasteiger partial charge on any atom is 0.175 e.